The van der Waals surface area contributed by atoms with Crippen molar-refractivity contribution >= 4 is 25.2 Å². The number of aromatic nitrogens is 2. The summed E-state index contributed by atoms with van der Waals surface area (Å²) >= 11 is 0. The molecule has 0 unspecified atom stereocenters. The smallest absolute Gasteiger partial charge is 0.330 e. The molecule has 2 aromatic heterocycles. The Morgan fingerprint density at radius 1 is 1.15 bits per heavy atom. The van der Waals surface area contributed by atoms with Crippen molar-refractivity contribution in [3.8, 4) is 0 Å². The standard InChI is InChI=1S/C21H32N2O2Si/c1-15(2)26(16(3)4,17(5)6)23-14-12-19-18(11-13-22-21(19)23)9-8-10-20(24)25-7/h8,10-17H,9H2,1-7H3. The Kier molecular flexibility index (Phi) is 6.45. The lowest BCUT2D eigenvalue weighted by molar-refractivity contribution is -0.134. The van der Waals surface area contributed by atoms with E-state index in [4.69, 9.17) is 4.98 Å². The van der Waals surface area contributed by atoms with E-state index < -0.39 is 8.24 Å². The maximum Gasteiger partial charge on any atom is 0.330 e. The van der Waals surface area contributed by atoms with E-state index in [9.17, 15) is 4.79 Å². The van der Waals surface area contributed by atoms with Crippen LogP contribution in [0, 0.1) is 0 Å². The van der Waals surface area contributed by atoms with Crippen molar-refractivity contribution in [2.24, 2.45) is 0 Å². The summed E-state index contributed by atoms with van der Waals surface area (Å²) in [6.07, 6.45) is 8.17. The van der Waals surface area contributed by atoms with Crippen LogP contribution in [-0.2, 0) is 16.0 Å². The van der Waals surface area contributed by atoms with Crippen molar-refractivity contribution in [2.45, 2.75) is 64.6 Å². The lowest BCUT2D eigenvalue weighted by atomic mass is 10.1. The molecule has 0 saturated carbocycles. The van der Waals surface area contributed by atoms with Crippen LogP contribution in [0.15, 0.2) is 36.7 Å². The van der Waals surface area contributed by atoms with Gasteiger partial charge in [-0.2, -0.15) is 0 Å². The predicted molar refractivity (Wildman–Crippen MR) is 111 cm³/mol. The zero-order valence-corrected chi connectivity index (χ0v) is 18.1. The molecule has 0 aliphatic rings. The second-order valence-corrected chi connectivity index (χ2v) is 13.6. The topological polar surface area (TPSA) is 44.1 Å². The van der Waals surface area contributed by atoms with E-state index in [1.54, 1.807) is 0 Å². The van der Waals surface area contributed by atoms with Crippen LogP contribution in [0.4, 0.5) is 0 Å². The van der Waals surface area contributed by atoms with Gasteiger partial charge in [-0.05, 0) is 46.9 Å². The molecular formula is C21H32N2O2Si. The van der Waals surface area contributed by atoms with Crippen molar-refractivity contribution in [3.05, 3.63) is 42.2 Å². The molecule has 2 aromatic rings. The molecule has 0 aromatic carbocycles. The molecule has 0 aliphatic heterocycles. The number of pyridine rings is 1. The number of hydrogen-bond acceptors (Lipinski definition) is 3. The van der Waals surface area contributed by atoms with Crippen LogP contribution in [0.1, 0.15) is 47.1 Å². The van der Waals surface area contributed by atoms with Gasteiger partial charge in [-0.1, -0.05) is 47.6 Å². The second-order valence-electron chi connectivity index (χ2n) is 7.87. The fourth-order valence-electron chi connectivity index (χ4n) is 4.77. The summed E-state index contributed by atoms with van der Waals surface area (Å²) in [6.45, 7) is 14.2. The number of carbonyl (C=O) groups excluding carboxylic acids is 1. The summed E-state index contributed by atoms with van der Waals surface area (Å²) in [5.74, 6) is -0.321. The maximum atomic E-state index is 11.3. The summed E-state index contributed by atoms with van der Waals surface area (Å²) in [4.78, 5) is 16.1. The van der Waals surface area contributed by atoms with E-state index >= 15 is 0 Å². The molecule has 142 valence electrons. The summed E-state index contributed by atoms with van der Waals surface area (Å²) < 4.78 is 7.19. The first kappa shape index (κ1) is 20.4. The lowest BCUT2D eigenvalue weighted by Crippen LogP contribution is -2.51. The van der Waals surface area contributed by atoms with E-state index in [0.717, 1.165) is 5.65 Å². The Bertz CT molecular complexity index is 769. The Balaban J connectivity index is 2.56. The fraction of sp³-hybridized carbons (Fsp3) is 0.524. The van der Waals surface area contributed by atoms with Crippen LogP contribution in [0.3, 0.4) is 0 Å². The maximum absolute atomic E-state index is 11.3. The highest BCUT2D eigenvalue weighted by Crippen LogP contribution is 2.44. The van der Waals surface area contributed by atoms with E-state index in [2.05, 4.69) is 62.8 Å². The molecule has 0 spiro atoms. The van der Waals surface area contributed by atoms with E-state index in [1.165, 1.54) is 24.1 Å². The largest absolute Gasteiger partial charge is 0.466 e. The number of esters is 1. The van der Waals surface area contributed by atoms with Gasteiger partial charge in [0.2, 0.25) is 0 Å². The summed E-state index contributed by atoms with van der Waals surface area (Å²) in [5, 5.41) is 1.18. The molecule has 0 fully saturated rings. The Labute approximate surface area is 158 Å². The number of carbonyl (C=O) groups is 1. The van der Waals surface area contributed by atoms with Crippen LogP contribution >= 0.6 is 0 Å². The molecular weight excluding hydrogens is 340 g/mol. The number of fused-ring (bicyclic) bond motifs is 1. The van der Waals surface area contributed by atoms with Crippen LogP contribution in [0.2, 0.25) is 16.6 Å². The van der Waals surface area contributed by atoms with Crippen molar-refractivity contribution in [2.75, 3.05) is 7.11 Å². The summed E-state index contributed by atoms with van der Waals surface area (Å²) in [5.41, 5.74) is 4.11. The fourth-order valence-corrected chi connectivity index (χ4v) is 11.3. The predicted octanol–water partition coefficient (Wildman–Crippen LogP) is 5.33. The van der Waals surface area contributed by atoms with Crippen molar-refractivity contribution in [1.29, 1.82) is 0 Å². The van der Waals surface area contributed by atoms with Crippen LogP contribution in [-0.4, -0.2) is 30.5 Å². The molecule has 0 radical (unpaired) electrons. The van der Waals surface area contributed by atoms with Gasteiger partial charge in [0.05, 0.1) is 7.11 Å². The molecule has 0 N–H and O–H groups in total. The molecule has 0 amide bonds. The number of allylic oxidation sites excluding steroid dienone is 1. The van der Waals surface area contributed by atoms with Crippen molar-refractivity contribution in [3.63, 3.8) is 0 Å². The van der Waals surface area contributed by atoms with Crippen LogP contribution in [0.5, 0.6) is 0 Å². The zero-order valence-electron chi connectivity index (χ0n) is 17.1. The highest BCUT2D eigenvalue weighted by molar-refractivity contribution is 6.82. The Hall–Kier alpha value is -1.88. The van der Waals surface area contributed by atoms with Gasteiger partial charge in [0, 0.05) is 17.7 Å². The first-order valence-corrected chi connectivity index (χ1v) is 11.6. The normalized spacial score (nSPS) is 12.8. The first-order valence-electron chi connectivity index (χ1n) is 9.46. The quantitative estimate of drug-likeness (QED) is 0.375. The Morgan fingerprint density at radius 3 is 2.31 bits per heavy atom. The number of hydrogen-bond donors (Lipinski definition) is 0. The molecule has 0 aliphatic carbocycles. The van der Waals surface area contributed by atoms with Gasteiger partial charge >= 0.3 is 5.97 Å². The van der Waals surface area contributed by atoms with Gasteiger partial charge in [0.15, 0.2) is 8.24 Å². The minimum Gasteiger partial charge on any atom is -0.466 e. The van der Waals surface area contributed by atoms with Crippen molar-refractivity contribution < 1.29 is 9.53 Å². The molecule has 2 heterocycles. The SMILES string of the molecule is COC(=O)C=CCc1ccnc2c1ccn2[Si](C(C)C)(C(C)C)C(C)C. The number of rotatable bonds is 7. The average molecular weight is 373 g/mol. The number of methoxy groups -OCH3 is 1. The molecule has 4 nitrogen and oxygen atoms in total. The number of nitrogens with zero attached hydrogens (tertiary/aromatic N) is 2. The van der Waals surface area contributed by atoms with Crippen LogP contribution in [0.25, 0.3) is 11.0 Å². The Morgan fingerprint density at radius 2 is 1.77 bits per heavy atom. The molecule has 0 bridgehead atoms. The van der Waals surface area contributed by atoms with E-state index in [1.807, 2.05) is 18.3 Å². The minimum atomic E-state index is -1.83. The zero-order chi connectivity index (χ0) is 19.5. The van der Waals surface area contributed by atoms with Gasteiger partial charge in [-0.15, -0.1) is 0 Å². The highest BCUT2D eigenvalue weighted by atomic mass is 28.3. The lowest BCUT2D eigenvalue weighted by Gasteiger charge is -2.44. The van der Waals surface area contributed by atoms with Crippen molar-refractivity contribution in [1.82, 2.24) is 9.22 Å². The van der Waals surface area contributed by atoms with Gasteiger partial charge in [-0.3, -0.25) is 0 Å². The molecule has 0 saturated heterocycles. The van der Waals surface area contributed by atoms with E-state index in [0.29, 0.717) is 23.0 Å². The third-order valence-electron chi connectivity index (χ3n) is 5.66. The first-order chi connectivity index (χ1) is 12.3. The molecule has 26 heavy (non-hydrogen) atoms. The number of ether oxygens (including phenoxy) is 1. The summed E-state index contributed by atoms with van der Waals surface area (Å²) in [7, 11) is -0.437. The third kappa shape index (κ3) is 3.50. The minimum absolute atomic E-state index is 0.321. The van der Waals surface area contributed by atoms with Gasteiger partial charge in [0.1, 0.15) is 5.65 Å². The molecule has 5 heteroatoms. The highest BCUT2D eigenvalue weighted by Gasteiger charge is 2.45. The molecule has 0 atom stereocenters. The third-order valence-corrected chi connectivity index (χ3v) is 12.4. The van der Waals surface area contributed by atoms with E-state index in [-0.39, 0.29) is 5.97 Å². The van der Waals surface area contributed by atoms with Crippen LogP contribution < -0.4 is 0 Å². The monoisotopic (exact) mass is 372 g/mol. The second kappa shape index (κ2) is 8.21. The van der Waals surface area contributed by atoms with Gasteiger partial charge in [-0.25, -0.2) is 9.78 Å². The summed E-state index contributed by atoms with van der Waals surface area (Å²) in [6, 6.07) is 4.23. The van der Waals surface area contributed by atoms with Gasteiger partial charge < -0.3 is 8.97 Å². The average Bonchev–Trinajstić information content (AvgIpc) is 2.99. The molecule has 2 rings (SSSR count). The van der Waals surface area contributed by atoms with Gasteiger partial charge in [0.25, 0.3) is 0 Å².